The van der Waals surface area contributed by atoms with Crippen LogP contribution in [0.4, 0.5) is 19.0 Å². The number of imide groups is 1. The van der Waals surface area contributed by atoms with Gasteiger partial charge in [-0.2, -0.15) is 18.2 Å². The standard InChI is InChI=1S/C31H25ClF3N3O6/c1-13-11-20(40)24-17(27(13)41)12-16-14(25(24)26-19(39)5-4-6-21(26)44-3)7-8-15-23(16)30(43)38(29(15)42)37(2)28-18(32)9-10-22(36-28)31(33,34)35/h4-7,9-11,15-16,23,25,39H,8,12H2,1-3H3/t15-,16+,23-,25-/m0/s1. The zero-order valence-electron chi connectivity index (χ0n) is 23.6. The molecule has 0 radical (unpaired) electrons. The van der Waals surface area contributed by atoms with Gasteiger partial charge in [0.2, 0.25) is 0 Å². The maximum Gasteiger partial charge on any atom is 0.433 e. The SMILES string of the molecule is COc1cccc(O)c1[C@H]1C2=CC[C@@H]3C(=O)N(N(C)c4nc(C(F)(F)F)ccc4Cl)C(=O)[C@@H]3[C@@H]2CC2=C1C(=O)C=C(C)C2=O. The molecule has 228 valence electrons. The minimum atomic E-state index is -4.80. The van der Waals surface area contributed by atoms with Crippen LogP contribution in [0, 0.1) is 17.8 Å². The number of benzene rings is 1. The molecule has 2 amide bonds. The molecule has 2 heterocycles. The van der Waals surface area contributed by atoms with E-state index in [0.717, 1.165) is 16.1 Å². The number of allylic oxidation sites excluding steroid dienone is 6. The smallest absolute Gasteiger partial charge is 0.433 e. The fraction of sp³-hybridized carbons (Fsp3) is 0.323. The number of halogens is 4. The second kappa shape index (κ2) is 10.3. The van der Waals surface area contributed by atoms with E-state index in [9.17, 15) is 37.5 Å². The van der Waals surface area contributed by atoms with Crippen LogP contribution < -0.4 is 9.75 Å². The summed E-state index contributed by atoms with van der Waals surface area (Å²) in [5.74, 6) is -6.13. The van der Waals surface area contributed by atoms with E-state index in [2.05, 4.69) is 4.98 Å². The number of hydrazine groups is 1. The van der Waals surface area contributed by atoms with Gasteiger partial charge in [-0.1, -0.05) is 29.3 Å². The van der Waals surface area contributed by atoms with Gasteiger partial charge in [0, 0.05) is 35.2 Å². The number of ketones is 2. The van der Waals surface area contributed by atoms with E-state index in [1.54, 1.807) is 18.2 Å². The number of nitrogens with zero attached hydrogens (tertiary/aromatic N) is 3. The van der Waals surface area contributed by atoms with Gasteiger partial charge in [0.15, 0.2) is 17.4 Å². The second-order valence-electron chi connectivity index (χ2n) is 11.1. The number of ether oxygens (including phenoxy) is 1. The van der Waals surface area contributed by atoms with Crippen molar-refractivity contribution in [1.29, 1.82) is 0 Å². The van der Waals surface area contributed by atoms with Gasteiger partial charge < -0.3 is 9.84 Å². The van der Waals surface area contributed by atoms with Gasteiger partial charge in [0.25, 0.3) is 11.8 Å². The summed E-state index contributed by atoms with van der Waals surface area (Å²) in [6, 6.07) is 6.28. The predicted octanol–water partition coefficient (Wildman–Crippen LogP) is 4.95. The lowest BCUT2D eigenvalue weighted by molar-refractivity contribution is -0.141. The average molecular weight is 628 g/mol. The molecule has 1 aromatic heterocycles. The molecule has 2 aromatic rings. The number of hydrogen-bond donors (Lipinski definition) is 1. The van der Waals surface area contributed by atoms with Crippen LogP contribution in [0.5, 0.6) is 11.5 Å². The number of carbonyl (C=O) groups is 4. The molecule has 13 heteroatoms. The third-order valence-electron chi connectivity index (χ3n) is 8.82. The number of alkyl halides is 3. The molecule has 1 N–H and O–H groups in total. The normalized spacial score (nSPS) is 24.9. The predicted molar refractivity (Wildman–Crippen MR) is 150 cm³/mol. The number of aromatic hydroxyl groups is 1. The van der Waals surface area contributed by atoms with Crippen LogP contribution in [-0.2, 0) is 25.4 Å². The number of rotatable bonds is 4. The molecule has 1 aliphatic heterocycles. The molecule has 1 saturated heterocycles. The highest BCUT2D eigenvalue weighted by molar-refractivity contribution is 6.33. The first-order valence-corrected chi connectivity index (χ1v) is 14.0. The van der Waals surface area contributed by atoms with Gasteiger partial charge in [-0.05, 0) is 56.0 Å². The maximum absolute atomic E-state index is 14.1. The van der Waals surface area contributed by atoms with Crippen LogP contribution in [0.15, 0.2) is 64.8 Å². The van der Waals surface area contributed by atoms with Crippen molar-refractivity contribution in [2.24, 2.45) is 17.8 Å². The van der Waals surface area contributed by atoms with E-state index < -0.39 is 59.0 Å². The first kappa shape index (κ1) is 29.6. The highest BCUT2D eigenvalue weighted by Crippen LogP contribution is 2.57. The Bertz CT molecular complexity index is 1760. The Morgan fingerprint density at radius 2 is 1.82 bits per heavy atom. The molecule has 0 saturated carbocycles. The maximum atomic E-state index is 14.1. The summed E-state index contributed by atoms with van der Waals surface area (Å²) in [6.07, 6.45) is -1.75. The van der Waals surface area contributed by atoms with Gasteiger partial charge >= 0.3 is 6.18 Å². The average Bonchev–Trinajstić information content (AvgIpc) is 3.23. The zero-order chi connectivity index (χ0) is 31.8. The molecule has 1 fully saturated rings. The summed E-state index contributed by atoms with van der Waals surface area (Å²) in [5, 5.41) is 12.5. The number of fused-ring (bicyclic) bond motifs is 3. The summed E-state index contributed by atoms with van der Waals surface area (Å²) in [4.78, 5) is 58.3. The van der Waals surface area contributed by atoms with Gasteiger partial charge in [-0.3, -0.25) is 24.2 Å². The molecule has 3 aliphatic carbocycles. The van der Waals surface area contributed by atoms with Gasteiger partial charge in [0.05, 0.1) is 24.0 Å². The van der Waals surface area contributed by atoms with E-state index in [4.69, 9.17) is 16.3 Å². The quantitative estimate of drug-likeness (QED) is 0.288. The number of aromatic nitrogens is 1. The van der Waals surface area contributed by atoms with Crippen LogP contribution >= 0.6 is 11.6 Å². The van der Waals surface area contributed by atoms with Gasteiger partial charge in [-0.25, -0.2) is 4.98 Å². The van der Waals surface area contributed by atoms with Crippen molar-refractivity contribution < 1.29 is 42.2 Å². The summed E-state index contributed by atoms with van der Waals surface area (Å²) < 4.78 is 45.8. The van der Waals surface area contributed by atoms with Gasteiger partial charge in [0.1, 0.15) is 17.2 Å². The fourth-order valence-corrected chi connectivity index (χ4v) is 7.13. The molecule has 0 unspecified atom stereocenters. The number of hydrogen-bond acceptors (Lipinski definition) is 8. The monoisotopic (exact) mass is 627 g/mol. The molecule has 0 spiro atoms. The van der Waals surface area contributed by atoms with Crippen molar-refractivity contribution >= 4 is 40.8 Å². The summed E-state index contributed by atoms with van der Waals surface area (Å²) >= 11 is 6.18. The van der Waals surface area contributed by atoms with E-state index in [-0.39, 0.29) is 57.4 Å². The number of phenolic OH excluding ortho intramolecular Hbond substituents is 1. The lowest BCUT2D eigenvalue weighted by atomic mass is 9.59. The number of amides is 2. The molecular weight excluding hydrogens is 603 g/mol. The van der Waals surface area contributed by atoms with Crippen molar-refractivity contribution in [3.05, 3.63) is 81.1 Å². The molecule has 44 heavy (non-hydrogen) atoms. The lowest BCUT2D eigenvalue weighted by Gasteiger charge is -2.42. The third kappa shape index (κ3) is 4.34. The van der Waals surface area contributed by atoms with E-state index in [1.807, 2.05) is 0 Å². The van der Waals surface area contributed by atoms with Crippen molar-refractivity contribution in [2.75, 3.05) is 19.2 Å². The van der Waals surface area contributed by atoms with Crippen LogP contribution in [0.1, 0.15) is 36.9 Å². The Morgan fingerprint density at radius 3 is 2.50 bits per heavy atom. The van der Waals surface area contributed by atoms with Crippen LogP contribution in [0.25, 0.3) is 0 Å². The second-order valence-corrected chi connectivity index (χ2v) is 11.5. The molecule has 0 bridgehead atoms. The number of pyridine rings is 1. The van der Waals surface area contributed by atoms with Crippen molar-refractivity contribution in [3.8, 4) is 11.5 Å². The topological polar surface area (TPSA) is 117 Å². The fourth-order valence-electron chi connectivity index (χ4n) is 6.90. The first-order chi connectivity index (χ1) is 20.8. The zero-order valence-corrected chi connectivity index (χ0v) is 24.4. The van der Waals surface area contributed by atoms with E-state index in [1.165, 1.54) is 33.2 Å². The van der Waals surface area contributed by atoms with Crippen LogP contribution in [0.3, 0.4) is 0 Å². The number of methoxy groups -OCH3 is 1. The summed E-state index contributed by atoms with van der Waals surface area (Å²) in [6.45, 7) is 1.52. The largest absolute Gasteiger partial charge is 0.507 e. The number of anilines is 1. The number of carbonyl (C=O) groups excluding carboxylic acids is 4. The van der Waals surface area contributed by atoms with E-state index in [0.29, 0.717) is 11.6 Å². The Hall–Kier alpha value is -4.45. The molecule has 6 rings (SSSR count). The minimum Gasteiger partial charge on any atom is -0.507 e. The summed E-state index contributed by atoms with van der Waals surface area (Å²) in [7, 11) is 2.63. The van der Waals surface area contributed by atoms with Crippen molar-refractivity contribution in [3.63, 3.8) is 0 Å². The molecule has 4 atom stereocenters. The van der Waals surface area contributed by atoms with E-state index >= 15 is 0 Å². The highest BCUT2D eigenvalue weighted by atomic mass is 35.5. The van der Waals surface area contributed by atoms with Crippen molar-refractivity contribution in [2.45, 2.75) is 31.9 Å². The first-order valence-electron chi connectivity index (χ1n) is 13.7. The minimum absolute atomic E-state index is 0.0242. The Kier molecular flexibility index (Phi) is 6.95. The van der Waals surface area contributed by atoms with Crippen LogP contribution in [0.2, 0.25) is 5.02 Å². The highest BCUT2D eigenvalue weighted by Gasteiger charge is 2.58. The van der Waals surface area contributed by atoms with Crippen LogP contribution in [-0.4, -0.2) is 52.6 Å². The van der Waals surface area contributed by atoms with Crippen molar-refractivity contribution in [1.82, 2.24) is 9.99 Å². The Labute approximate surface area is 254 Å². The van der Waals surface area contributed by atoms with Gasteiger partial charge in [-0.15, -0.1) is 0 Å². The Balaban J connectivity index is 1.46. The molecule has 1 aromatic carbocycles. The Morgan fingerprint density at radius 1 is 1.09 bits per heavy atom. The molecular formula is C31H25ClF3N3O6. The number of Topliss-reactive ketones (excluding diaryl/α,β-unsaturated/α-hetero) is 1. The lowest BCUT2D eigenvalue weighted by Crippen LogP contribution is -2.46. The molecule has 9 nitrogen and oxygen atoms in total. The molecule has 4 aliphatic rings. The summed E-state index contributed by atoms with van der Waals surface area (Å²) in [5.41, 5.74) is 0.141. The number of phenols is 1. The third-order valence-corrected chi connectivity index (χ3v) is 9.11.